The second-order valence-electron chi connectivity index (χ2n) is 5.55. The van der Waals surface area contributed by atoms with Crippen molar-refractivity contribution in [3.05, 3.63) is 52.5 Å². The molecule has 2 aromatic rings. The molecule has 0 bridgehead atoms. The number of likely N-dealkylation sites (N-methyl/N-ethyl adjacent to an activating group) is 1. The first-order valence-corrected chi connectivity index (χ1v) is 8.83. The van der Waals surface area contributed by atoms with Crippen LogP contribution in [0.4, 0.5) is 5.69 Å². The van der Waals surface area contributed by atoms with Crippen LogP contribution in [0.2, 0.25) is 0 Å². The highest BCUT2D eigenvalue weighted by atomic mass is 79.9. The lowest BCUT2D eigenvalue weighted by Gasteiger charge is -2.20. The molecule has 5 nitrogen and oxygen atoms in total. The van der Waals surface area contributed by atoms with Gasteiger partial charge in [0.1, 0.15) is 11.5 Å². The van der Waals surface area contributed by atoms with Crippen molar-refractivity contribution in [2.45, 2.75) is 13.5 Å². The number of carbonyl (C=O) groups excluding carboxylic acids is 1. The Morgan fingerprint density at radius 3 is 2.40 bits per heavy atom. The molecule has 1 amide bonds. The SMILES string of the molecule is CCN(CC(=O)Nc1ccc(OC)cc1)Cc1ccc(OC)c(Br)c1. The van der Waals surface area contributed by atoms with Crippen LogP contribution in [0, 0.1) is 0 Å². The average molecular weight is 407 g/mol. The van der Waals surface area contributed by atoms with Gasteiger partial charge in [-0.2, -0.15) is 0 Å². The Morgan fingerprint density at radius 2 is 1.84 bits per heavy atom. The third kappa shape index (κ3) is 5.76. The smallest absolute Gasteiger partial charge is 0.238 e. The van der Waals surface area contributed by atoms with Crippen molar-refractivity contribution >= 4 is 27.5 Å². The summed E-state index contributed by atoms with van der Waals surface area (Å²) in [4.78, 5) is 14.4. The van der Waals surface area contributed by atoms with Gasteiger partial charge in [-0.1, -0.05) is 13.0 Å². The van der Waals surface area contributed by atoms with Gasteiger partial charge in [0.25, 0.3) is 0 Å². The lowest BCUT2D eigenvalue weighted by molar-refractivity contribution is -0.117. The Hall–Kier alpha value is -2.05. The van der Waals surface area contributed by atoms with Crippen LogP contribution in [0.5, 0.6) is 11.5 Å². The molecule has 134 valence electrons. The summed E-state index contributed by atoms with van der Waals surface area (Å²) in [6.07, 6.45) is 0. The van der Waals surface area contributed by atoms with Crippen molar-refractivity contribution in [2.75, 3.05) is 32.6 Å². The maximum atomic E-state index is 12.3. The van der Waals surface area contributed by atoms with E-state index in [1.54, 1.807) is 14.2 Å². The number of methoxy groups -OCH3 is 2. The summed E-state index contributed by atoms with van der Waals surface area (Å²) in [5, 5.41) is 2.91. The number of hydrogen-bond acceptors (Lipinski definition) is 4. The molecule has 0 aliphatic rings. The van der Waals surface area contributed by atoms with Crippen molar-refractivity contribution in [1.29, 1.82) is 0 Å². The summed E-state index contributed by atoms with van der Waals surface area (Å²) in [7, 11) is 3.26. The van der Waals surface area contributed by atoms with Gasteiger partial charge >= 0.3 is 0 Å². The lowest BCUT2D eigenvalue weighted by Crippen LogP contribution is -2.32. The van der Waals surface area contributed by atoms with E-state index in [0.29, 0.717) is 13.1 Å². The van der Waals surface area contributed by atoms with Crippen molar-refractivity contribution in [2.24, 2.45) is 0 Å². The maximum absolute atomic E-state index is 12.3. The van der Waals surface area contributed by atoms with E-state index in [1.807, 2.05) is 49.4 Å². The Labute approximate surface area is 157 Å². The van der Waals surface area contributed by atoms with Crippen molar-refractivity contribution in [1.82, 2.24) is 4.90 Å². The molecule has 6 heteroatoms. The molecule has 0 saturated carbocycles. The van der Waals surface area contributed by atoms with E-state index >= 15 is 0 Å². The first kappa shape index (κ1) is 19.3. The molecule has 2 aromatic carbocycles. The number of rotatable bonds is 8. The first-order valence-electron chi connectivity index (χ1n) is 8.04. The first-order chi connectivity index (χ1) is 12.0. The number of ether oxygens (including phenoxy) is 2. The molecule has 1 N–H and O–H groups in total. The van der Waals surface area contributed by atoms with Gasteiger partial charge in [-0.3, -0.25) is 9.69 Å². The fourth-order valence-electron chi connectivity index (χ4n) is 2.42. The zero-order chi connectivity index (χ0) is 18.2. The second kappa shape index (κ2) is 9.44. The summed E-state index contributed by atoms with van der Waals surface area (Å²) in [6.45, 7) is 3.83. The molecular formula is C19H23BrN2O3. The summed E-state index contributed by atoms with van der Waals surface area (Å²) < 4.78 is 11.3. The molecule has 0 radical (unpaired) electrons. The van der Waals surface area contributed by atoms with E-state index in [1.165, 1.54) is 0 Å². The zero-order valence-electron chi connectivity index (χ0n) is 14.7. The summed E-state index contributed by atoms with van der Waals surface area (Å²) in [5.41, 5.74) is 1.88. The Morgan fingerprint density at radius 1 is 1.12 bits per heavy atom. The number of benzene rings is 2. The van der Waals surface area contributed by atoms with Gasteiger partial charge < -0.3 is 14.8 Å². The Balaban J connectivity index is 1.93. The number of hydrogen-bond donors (Lipinski definition) is 1. The van der Waals surface area contributed by atoms with Gasteiger partial charge in [0.2, 0.25) is 5.91 Å². The highest BCUT2D eigenvalue weighted by Crippen LogP contribution is 2.26. The molecule has 0 aliphatic carbocycles. The topological polar surface area (TPSA) is 50.8 Å². The summed E-state index contributed by atoms with van der Waals surface area (Å²) in [5.74, 6) is 1.52. The second-order valence-corrected chi connectivity index (χ2v) is 6.40. The van der Waals surface area contributed by atoms with Crippen LogP contribution in [-0.2, 0) is 11.3 Å². The largest absolute Gasteiger partial charge is 0.497 e. The molecule has 0 spiro atoms. The molecule has 0 atom stereocenters. The van der Waals surface area contributed by atoms with Crippen LogP contribution >= 0.6 is 15.9 Å². The highest BCUT2D eigenvalue weighted by Gasteiger charge is 2.11. The van der Waals surface area contributed by atoms with E-state index in [-0.39, 0.29) is 5.91 Å². The molecule has 0 heterocycles. The van der Waals surface area contributed by atoms with Crippen LogP contribution < -0.4 is 14.8 Å². The Kier molecular flexibility index (Phi) is 7.28. The van der Waals surface area contributed by atoms with E-state index in [4.69, 9.17) is 9.47 Å². The minimum Gasteiger partial charge on any atom is -0.497 e. The quantitative estimate of drug-likeness (QED) is 0.721. The fraction of sp³-hybridized carbons (Fsp3) is 0.316. The minimum absolute atomic E-state index is 0.0420. The van der Waals surface area contributed by atoms with Crippen molar-refractivity contribution < 1.29 is 14.3 Å². The standard InChI is InChI=1S/C19H23BrN2O3/c1-4-22(12-14-5-10-18(25-3)17(20)11-14)13-19(23)21-15-6-8-16(24-2)9-7-15/h5-11H,4,12-13H2,1-3H3,(H,21,23). The minimum atomic E-state index is -0.0420. The predicted octanol–water partition coefficient (Wildman–Crippen LogP) is 3.93. The molecule has 0 saturated heterocycles. The lowest BCUT2D eigenvalue weighted by atomic mass is 10.2. The molecule has 0 fully saturated rings. The van der Waals surface area contributed by atoms with Crippen LogP contribution in [0.25, 0.3) is 0 Å². The van der Waals surface area contributed by atoms with Crippen LogP contribution in [0.3, 0.4) is 0 Å². The monoisotopic (exact) mass is 406 g/mol. The fourth-order valence-corrected chi connectivity index (χ4v) is 3.01. The van der Waals surface area contributed by atoms with Gasteiger partial charge in [-0.05, 0) is 64.4 Å². The normalized spacial score (nSPS) is 10.6. The summed E-state index contributed by atoms with van der Waals surface area (Å²) >= 11 is 3.49. The Bertz CT molecular complexity index is 704. The van der Waals surface area contributed by atoms with Crippen LogP contribution in [-0.4, -0.2) is 38.1 Å². The van der Waals surface area contributed by atoms with Crippen LogP contribution in [0.15, 0.2) is 46.9 Å². The molecular weight excluding hydrogens is 384 g/mol. The third-order valence-electron chi connectivity index (χ3n) is 3.81. The maximum Gasteiger partial charge on any atom is 0.238 e. The third-order valence-corrected chi connectivity index (χ3v) is 4.43. The van der Waals surface area contributed by atoms with E-state index < -0.39 is 0 Å². The van der Waals surface area contributed by atoms with Gasteiger partial charge in [-0.25, -0.2) is 0 Å². The predicted molar refractivity (Wildman–Crippen MR) is 103 cm³/mol. The zero-order valence-corrected chi connectivity index (χ0v) is 16.3. The number of nitrogens with one attached hydrogen (secondary N) is 1. The van der Waals surface area contributed by atoms with Crippen molar-refractivity contribution in [3.8, 4) is 11.5 Å². The van der Waals surface area contributed by atoms with E-state index in [9.17, 15) is 4.79 Å². The highest BCUT2D eigenvalue weighted by molar-refractivity contribution is 9.10. The van der Waals surface area contributed by atoms with E-state index in [2.05, 4.69) is 26.1 Å². The molecule has 0 aromatic heterocycles. The van der Waals surface area contributed by atoms with E-state index in [0.717, 1.165) is 33.8 Å². The van der Waals surface area contributed by atoms with Gasteiger partial charge in [-0.15, -0.1) is 0 Å². The van der Waals surface area contributed by atoms with Gasteiger partial charge in [0, 0.05) is 12.2 Å². The van der Waals surface area contributed by atoms with Gasteiger partial charge in [0.15, 0.2) is 0 Å². The molecule has 0 unspecified atom stereocenters. The number of nitrogens with zero attached hydrogens (tertiary/aromatic N) is 1. The van der Waals surface area contributed by atoms with Crippen LogP contribution in [0.1, 0.15) is 12.5 Å². The van der Waals surface area contributed by atoms with Crippen molar-refractivity contribution in [3.63, 3.8) is 0 Å². The molecule has 25 heavy (non-hydrogen) atoms. The number of anilines is 1. The molecule has 0 aliphatic heterocycles. The summed E-state index contributed by atoms with van der Waals surface area (Å²) in [6, 6.07) is 13.2. The number of amides is 1. The number of halogens is 1. The molecule has 2 rings (SSSR count). The van der Waals surface area contributed by atoms with Gasteiger partial charge in [0.05, 0.1) is 25.2 Å². The average Bonchev–Trinajstić information content (AvgIpc) is 2.62. The number of carbonyl (C=O) groups is 1.